The van der Waals surface area contributed by atoms with Gasteiger partial charge in [-0.3, -0.25) is 4.90 Å². The molecule has 0 amide bonds. The number of hydrogen-bond acceptors (Lipinski definition) is 2. The molecule has 0 atom stereocenters. The van der Waals surface area contributed by atoms with Crippen molar-refractivity contribution in [3.8, 4) is 0 Å². The number of aldehydes is 1. The smallest absolute Gasteiger partial charge is 0.123 e. The molecule has 2 nitrogen and oxygen atoms in total. The van der Waals surface area contributed by atoms with Crippen LogP contribution in [0.1, 0.15) is 25.7 Å². The molecule has 2 heteroatoms. The van der Waals surface area contributed by atoms with E-state index in [4.69, 9.17) is 0 Å². The molecule has 0 unspecified atom stereocenters. The SMILES string of the molecule is O=CC/C=C/CN1CCCCC1. The van der Waals surface area contributed by atoms with Gasteiger partial charge in [0.05, 0.1) is 0 Å². The molecular weight excluding hydrogens is 150 g/mol. The van der Waals surface area contributed by atoms with Gasteiger partial charge in [-0.2, -0.15) is 0 Å². The van der Waals surface area contributed by atoms with Gasteiger partial charge in [0.15, 0.2) is 0 Å². The molecule has 1 aliphatic heterocycles. The van der Waals surface area contributed by atoms with Gasteiger partial charge in [0.2, 0.25) is 0 Å². The number of rotatable bonds is 4. The molecule has 0 aliphatic carbocycles. The van der Waals surface area contributed by atoms with Crippen molar-refractivity contribution in [3.05, 3.63) is 12.2 Å². The van der Waals surface area contributed by atoms with Crippen LogP contribution in [0.2, 0.25) is 0 Å². The highest BCUT2D eigenvalue weighted by atomic mass is 16.1. The average molecular weight is 167 g/mol. The Labute approximate surface area is 74.2 Å². The summed E-state index contributed by atoms with van der Waals surface area (Å²) in [6.45, 7) is 3.48. The quantitative estimate of drug-likeness (QED) is 0.468. The topological polar surface area (TPSA) is 20.3 Å². The van der Waals surface area contributed by atoms with E-state index in [9.17, 15) is 4.79 Å². The van der Waals surface area contributed by atoms with Crippen molar-refractivity contribution in [2.45, 2.75) is 25.7 Å². The summed E-state index contributed by atoms with van der Waals surface area (Å²) in [5.41, 5.74) is 0. The fraction of sp³-hybridized carbons (Fsp3) is 0.700. The van der Waals surface area contributed by atoms with Crippen molar-refractivity contribution in [1.82, 2.24) is 4.90 Å². The molecular formula is C10H17NO. The summed E-state index contributed by atoms with van der Waals surface area (Å²) < 4.78 is 0. The largest absolute Gasteiger partial charge is 0.303 e. The minimum Gasteiger partial charge on any atom is -0.303 e. The average Bonchev–Trinajstić information content (AvgIpc) is 2.14. The number of piperidine rings is 1. The van der Waals surface area contributed by atoms with Crippen LogP contribution in [-0.2, 0) is 4.79 Å². The summed E-state index contributed by atoms with van der Waals surface area (Å²) in [4.78, 5) is 12.4. The Morgan fingerprint density at radius 3 is 2.50 bits per heavy atom. The van der Waals surface area contributed by atoms with Gasteiger partial charge in [0.25, 0.3) is 0 Å². The Kier molecular flexibility index (Phi) is 4.69. The van der Waals surface area contributed by atoms with Gasteiger partial charge in [-0.1, -0.05) is 18.6 Å². The lowest BCUT2D eigenvalue weighted by atomic mass is 10.1. The standard InChI is InChI=1S/C10H17NO/c12-10-6-2-5-9-11-7-3-1-4-8-11/h2,5,10H,1,3-4,6-9H2/b5-2+. The summed E-state index contributed by atoms with van der Waals surface area (Å²) in [6, 6.07) is 0. The molecule has 1 fully saturated rings. The highest BCUT2D eigenvalue weighted by molar-refractivity contribution is 5.51. The number of nitrogens with zero attached hydrogens (tertiary/aromatic N) is 1. The van der Waals surface area contributed by atoms with Crippen LogP contribution in [-0.4, -0.2) is 30.8 Å². The van der Waals surface area contributed by atoms with Crippen LogP contribution < -0.4 is 0 Å². The monoisotopic (exact) mass is 167 g/mol. The van der Waals surface area contributed by atoms with Crippen LogP contribution >= 0.6 is 0 Å². The Morgan fingerprint density at radius 2 is 1.83 bits per heavy atom. The second kappa shape index (κ2) is 5.95. The molecule has 12 heavy (non-hydrogen) atoms. The van der Waals surface area contributed by atoms with E-state index in [1.165, 1.54) is 32.4 Å². The Morgan fingerprint density at radius 1 is 1.08 bits per heavy atom. The molecule has 0 radical (unpaired) electrons. The maximum Gasteiger partial charge on any atom is 0.123 e. The second-order valence-corrected chi connectivity index (χ2v) is 3.24. The Bertz CT molecular complexity index is 148. The van der Waals surface area contributed by atoms with Crippen molar-refractivity contribution in [3.63, 3.8) is 0 Å². The summed E-state index contributed by atoms with van der Waals surface area (Å²) in [7, 11) is 0. The molecule has 0 N–H and O–H groups in total. The molecule has 1 aliphatic rings. The van der Waals surface area contributed by atoms with E-state index >= 15 is 0 Å². The van der Waals surface area contributed by atoms with E-state index in [1.54, 1.807) is 0 Å². The fourth-order valence-electron chi connectivity index (χ4n) is 1.52. The van der Waals surface area contributed by atoms with E-state index < -0.39 is 0 Å². The molecule has 0 bridgehead atoms. The highest BCUT2D eigenvalue weighted by Crippen LogP contribution is 2.07. The first-order chi connectivity index (χ1) is 5.93. The minimum atomic E-state index is 0.563. The molecule has 1 rings (SSSR count). The molecule has 0 aromatic heterocycles. The predicted molar refractivity (Wildman–Crippen MR) is 50.1 cm³/mol. The molecule has 1 saturated heterocycles. The molecule has 0 aromatic carbocycles. The third kappa shape index (κ3) is 3.67. The van der Waals surface area contributed by atoms with Gasteiger partial charge in [0.1, 0.15) is 6.29 Å². The zero-order chi connectivity index (χ0) is 8.65. The number of hydrogen-bond donors (Lipinski definition) is 0. The summed E-state index contributed by atoms with van der Waals surface area (Å²) in [5.74, 6) is 0. The van der Waals surface area contributed by atoms with E-state index in [2.05, 4.69) is 11.0 Å². The first kappa shape index (κ1) is 9.46. The summed E-state index contributed by atoms with van der Waals surface area (Å²) in [6.07, 6.45) is 9.60. The van der Waals surface area contributed by atoms with Crippen LogP contribution in [0.3, 0.4) is 0 Å². The second-order valence-electron chi connectivity index (χ2n) is 3.24. The predicted octanol–water partition coefficient (Wildman–Crippen LogP) is 1.62. The number of carbonyl (C=O) groups excluding carboxylic acids is 1. The van der Waals surface area contributed by atoms with Crippen molar-refractivity contribution in [2.75, 3.05) is 19.6 Å². The lowest BCUT2D eigenvalue weighted by Gasteiger charge is -2.24. The zero-order valence-corrected chi connectivity index (χ0v) is 7.54. The maximum atomic E-state index is 9.99. The Balaban J connectivity index is 2.08. The van der Waals surface area contributed by atoms with E-state index in [0.29, 0.717) is 6.42 Å². The van der Waals surface area contributed by atoms with Gasteiger partial charge in [-0.15, -0.1) is 0 Å². The van der Waals surface area contributed by atoms with Crippen LogP contribution in [0, 0.1) is 0 Å². The maximum absolute atomic E-state index is 9.99. The normalized spacial score (nSPS) is 20.0. The van der Waals surface area contributed by atoms with Crippen LogP contribution in [0.15, 0.2) is 12.2 Å². The number of carbonyl (C=O) groups is 1. The fourth-order valence-corrected chi connectivity index (χ4v) is 1.52. The third-order valence-electron chi connectivity index (χ3n) is 2.21. The van der Waals surface area contributed by atoms with Gasteiger partial charge >= 0.3 is 0 Å². The first-order valence-corrected chi connectivity index (χ1v) is 4.74. The van der Waals surface area contributed by atoms with E-state index in [0.717, 1.165) is 12.8 Å². The molecule has 1 heterocycles. The Hall–Kier alpha value is -0.630. The lowest BCUT2D eigenvalue weighted by molar-refractivity contribution is -0.107. The molecule has 0 spiro atoms. The van der Waals surface area contributed by atoms with Crippen molar-refractivity contribution in [1.29, 1.82) is 0 Å². The van der Waals surface area contributed by atoms with Crippen molar-refractivity contribution < 1.29 is 4.79 Å². The van der Waals surface area contributed by atoms with Crippen LogP contribution in [0.25, 0.3) is 0 Å². The third-order valence-corrected chi connectivity index (χ3v) is 2.21. The van der Waals surface area contributed by atoms with Crippen molar-refractivity contribution in [2.24, 2.45) is 0 Å². The van der Waals surface area contributed by atoms with Gasteiger partial charge in [0, 0.05) is 13.0 Å². The van der Waals surface area contributed by atoms with Gasteiger partial charge in [-0.05, 0) is 25.9 Å². The van der Waals surface area contributed by atoms with Crippen LogP contribution in [0.4, 0.5) is 0 Å². The zero-order valence-electron chi connectivity index (χ0n) is 7.54. The molecule has 68 valence electrons. The molecule has 0 aromatic rings. The summed E-state index contributed by atoms with van der Waals surface area (Å²) in [5, 5.41) is 0. The van der Waals surface area contributed by atoms with Crippen LogP contribution in [0.5, 0.6) is 0 Å². The summed E-state index contributed by atoms with van der Waals surface area (Å²) >= 11 is 0. The number of likely N-dealkylation sites (tertiary alicyclic amines) is 1. The van der Waals surface area contributed by atoms with Gasteiger partial charge < -0.3 is 4.79 Å². The lowest BCUT2D eigenvalue weighted by Crippen LogP contribution is -2.29. The van der Waals surface area contributed by atoms with E-state index in [1.807, 2.05) is 6.08 Å². The molecule has 0 saturated carbocycles. The first-order valence-electron chi connectivity index (χ1n) is 4.74. The highest BCUT2D eigenvalue weighted by Gasteiger charge is 2.06. The minimum absolute atomic E-state index is 0.563. The number of allylic oxidation sites excluding steroid dienone is 1. The van der Waals surface area contributed by atoms with Crippen molar-refractivity contribution >= 4 is 6.29 Å². The van der Waals surface area contributed by atoms with E-state index in [-0.39, 0.29) is 0 Å². The van der Waals surface area contributed by atoms with Gasteiger partial charge in [-0.25, -0.2) is 0 Å².